The minimum absolute atomic E-state index is 0. The van der Waals surface area contributed by atoms with Crippen LogP contribution in [0.1, 0.15) is 0 Å². The van der Waals surface area contributed by atoms with Gasteiger partial charge >= 0.3 is 0 Å². The molecule has 154 valence electrons. The lowest BCUT2D eigenvalue weighted by molar-refractivity contribution is 0.580. The molecule has 8 nitrogen and oxygen atoms in total. The lowest BCUT2D eigenvalue weighted by Crippen LogP contribution is -2.44. The summed E-state index contributed by atoms with van der Waals surface area (Å²) in [7, 11) is -3.54. The van der Waals surface area contributed by atoms with Crippen molar-refractivity contribution >= 4 is 56.9 Å². The number of hydrogen-bond acceptors (Lipinski definition) is 8. The Labute approximate surface area is 179 Å². The van der Waals surface area contributed by atoms with Gasteiger partial charge in [-0.1, -0.05) is 6.07 Å². The van der Waals surface area contributed by atoms with Crippen molar-refractivity contribution in [3.8, 4) is 0 Å². The average molecular weight is 453 g/mol. The second kappa shape index (κ2) is 9.40. The molecule has 0 bridgehead atoms. The molecule has 1 saturated heterocycles. The molecule has 1 aliphatic rings. The second-order valence-electron chi connectivity index (χ2n) is 6.22. The molecule has 1 aliphatic heterocycles. The van der Waals surface area contributed by atoms with Gasteiger partial charge in [-0.2, -0.15) is 4.98 Å². The molecule has 29 heavy (non-hydrogen) atoms. The Morgan fingerprint density at radius 2 is 1.76 bits per heavy atom. The number of aromatic nitrogens is 2. The number of rotatable bonds is 6. The van der Waals surface area contributed by atoms with Crippen molar-refractivity contribution in [1.82, 2.24) is 15.3 Å². The highest BCUT2D eigenvalue weighted by atomic mass is 35.5. The first kappa shape index (κ1) is 21.3. The molecule has 0 atom stereocenters. The van der Waals surface area contributed by atoms with Crippen molar-refractivity contribution in [2.45, 2.75) is 4.21 Å². The molecule has 3 N–H and O–H groups in total. The standard InChI is InChI=1S/C18H20N6O2S2.ClH/c25-28(26,17-2-1-13-27-17)23-15-5-3-14(4-6-15)21-16-7-8-20-18(22-16)24-11-9-19-10-12-24;/h1-8,13,19,23H,9-12H2,(H,20,21,22);1H. The number of sulfonamides is 1. The summed E-state index contributed by atoms with van der Waals surface area (Å²) in [6, 6.07) is 12.1. The van der Waals surface area contributed by atoms with Crippen molar-refractivity contribution in [3.63, 3.8) is 0 Å². The zero-order valence-corrected chi connectivity index (χ0v) is 17.9. The van der Waals surface area contributed by atoms with Crippen LogP contribution in [0.2, 0.25) is 0 Å². The van der Waals surface area contributed by atoms with Gasteiger partial charge in [0.25, 0.3) is 10.0 Å². The molecular weight excluding hydrogens is 432 g/mol. The number of piperazine rings is 1. The quantitative estimate of drug-likeness (QED) is 0.528. The summed E-state index contributed by atoms with van der Waals surface area (Å²) in [6.45, 7) is 3.60. The van der Waals surface area contributed by atoms with E-state index < -0.39 is 10.0 Å². The zero-order valence-electron chi connectivity index (χ0n) is 15.4. The van der Waals surface area contributed by atoms with Gasteiger partial charge in [0, 0.05) is 43.8 Å². The van der Waals surface area contributed by atoms with Gasteiger partial charge < -0.3 is 15.5 Å². The fourth-order valence-corrected chi connectivity index (χ4v) is 4.88. The van der Waals surface area contributed by atoms with Gasteiger partial charge in [0.15, 0.2) is 0 Å². The molecule has 11 heteroatoms. The lowest BCUT2D eigenvalue weighted by Gasteiger charge is -2.27. The SMILES string of the molecule is Cl.O=S(=O)(Nc1ccc(Nc2ccnc(N3CCNCC3)n2)cc1)c1cccs1. The molecule has 3 heterocycles. The first-order valence-electron chi connectivity index (χ1n) is 8.82. The van der Waals surface area contributed by atoms with Crippen LogP contribution in [-0.4, -0.2) is 44.6 Å². The number of nitrogens with one attached hydrogen (secondary N) is 3. The van der Waals surface area contributed by atoms with Gasteiger partial charge in [-0.3, -0.25) is 4.72 Å². The molecule has 0 aliphatic carbocycles. The Bertz CT molecular complexity index is 1020. The maximum absolute atomic E-state index is 12.3. The summed E-state index contributed by atoms with van der Waals surface area (Å²) < 4.78 is 27.4. The van der Waals surface area contributed by atoms with Crippen LogP contribution in [-0.2, 0) is 10.0 Å². The van der Waals surface area contributed by atoms with E-state index in [1.54, 1.807) is 54.0 Å². The highest BCUT2D eigenvalue weighted by Crippen LogP contribution is 2.23. The van der Waals surface area contributed by atoms with Crippen LogP contribution in [0, 0.1) is 0 Å². The van der Waals surface area contributed by atoms with E-state index in [1.807, 2.05) is 0 Å². The topological polar surface area (TPSA) is 99.2 Å². The van der Waals surface area contributed by atoms with Crippen LogP contribution in [0.4, 0.5) is 23.1 Å². The predicted octanol–water partition coefficient (Wildman–Crippen LogP) is 2.91. The van der Waals surface area contributed by atoms with Crippen molar-refractivity contribution < 1.29 is 8.42 Å². The van der Waals surface area contributed by atoms with Crippen molar-refractivity contribution in [2.24, 2.45) is 0 Å². The monoisotopic (exact) mass is 452 g/mol. The normalized spacial score (nSPS) is 14.1. The van der Waals surface area contributed by atoms with E-state index in [0.29, 0.717) is 17.5 Å². The molecule has 3 aromatic rings. The summed E-state index contributed by atoms with van der Waals surface area (Å²) in [5.41, 5.74) is 1.31. The number of nitrogens with zero attached hydrogens (tertiary/aromatic N) is 3. The van der Waals surface area contributed by atoms with E-state index in [4.69, 9.17) is 0 Å². The number of anilines is 4. The van der Waals surface area contributed by atoms with Gasteiger partial charge in [-0.05, 0) is 41.8 Å². The van der Waals surface area contributed by atoms with E-state index in [-0.39, 0.29) is 16.6 Å². The summed E-state index contributed by atoms with van der Waals surface area (Å²) >= 11 is 1.18. The molecule has 0 amide bonds. The third kappa shape index (κ3) is 5.36. The third-order valence-electron chi connectivity index (χ3n) is 4.21. The van der Waals surface area contributed by atoms with Gasteiger partial charge in [-0.25, -0.2) is 13.4 Å². The number of thiophene rings is 1. The Balaban J connectivity index is 0.00000240. The molecule has 1 fully saturated rings. The van der Waals surface area contributed by atoms with E-state index in [0.717, 1.165) is 31.9 Å². The second-order valence-corrected chi connectivity index (χ2v) is 9.08. The molecule has 2 aromatic heterocycles. The zero-order chi connectivity index (χ0) is 19.4. The minimum atomic E-state index is -3.54. The molecular formula is C18H21ClN6O2S2. The van der Waals surface area contributed by atoms with Crippen LogP contribution in [0.3, 0.4) is 0 Å². The largest absolute Gasteiger partial charge is 0.340 e. The van der Waals surface area contributed by atoms with Crippen molar-refractivity contribution in [1.29, 1.82) is 0 Å². The van der Waals surface area contributed by atoms with Crippen LogP contribution < -0.4 is 20.3 Å². The van der Waals surface area contributed by atoms with Crippen molar-refractivity contribution in [3.05, 3.63) is 54.0 Å². The summed E-state index contributed by atoms with van der Waals surface area (Å²) in [4.78, 5) is 11.1. The summed E-state index contributed by atoms with van der Waals surface area (Å²) in [6.07, 6.45) is 1.73. The predicted molar refractivity (Wildman–Crippen MR) is 119 cm³/mol. The Hall–Kier alpha value is -2.40. The molecule has 4 rings (SSSR count). The first-order chi connectivity index (χ1) is 13.6. The summed E-state index contributed by atoms with van der Waals surface area (Å²) in [5, 5.41) is 8.27. The van der Waals surface area contributed by atoms with Gasteiger partial charge in [0.1, 0.15) is 10.0 Å². The Morgan fingerprint density at radius 1 is 1.03 bits per heavy atom. The smallest absolute Gasteiger partial charge is 0.271 e. The molecule has 0 saturated carbocycles. The number of benzene rings is 1. The molecule has 1 aromatic carbocycles. The van der Waals surface area contributed by atoms with Crippen LogP contribution in [0.25, 0.3) is 0 Å². The van der Waals surface area contributed by atoms with E-state index >= 15 is 0 Å². The minimum Gasteiger partial charge on any atom is -0.340 e. The third-order valence-corrected chi connectivity index (χ3v) is 6.99. The highest BCUT2D eigenvalue weighted by Gasteiger charge is 2.15. The van der Waals surface area contributed by atoms with E-state index in [1.165, 1.54) is 11.3 Å². The fraction of sp³-hybridized carbons (Fsp3) is 0.222. The maximum atomic E-state index is 12.3. The average Bonchev–Trinajstić information content (AvgIpc) is 3.26. The first-order valence-corrected chi connectivity index (χ1v) is 11.2. The van der Waals surface area contributed by atoms with Gasteiger partial charge in [0.05, 0.1) is 0 Å². The fourth-order valence-electron chi connectivity index (χ4n) is 2.83. The number of halogens is 1. The summed E-state index contributed by atoms with van der Waals surface area (Å²) in [5.74, 6) is 1.39. The maximum Gasteiger partial charge on any atom is 0.271 e. The molecule has 0 radical (unpaired) electrons. The van der Waals surface area contributed by atoms with Crippen LogP contribution in [0.5, 0.6) is 0 Å². The van der Waals surface area contributed by atoms with Gasteiger partial charge in [-0.15, -0.1) is 23.7 Å². The molecule has 0 spiro atoms. The Morgan fingerprint density at radius 3 is 2.45 bits per heavy atom. The van der Waals surface area contributed by atoms with Gasteiger partial charge in [0.2, 0.25) is 5.95 Å². The number of hydrogen-bond donors (Lipinski definition) is 3. The van der Waals surface area contributed by atoms with E-state index in [2.05, 4.69) is 30.2 Å². The van der Waals surface area contributed by atoms with Crippen molar-refractivity contribution in [2.75, 3.05) is 41.1 Å². The van der Waals surface area contributed by atoms with Crippen LogP contribution >= 0.6 is 23.7 Å². The molecule has 0 unspecified atom stereocenters. The lowest BCUT2D eigenvalue weighted by atomic mass is 10.3. The highest BCUT2D eigenvalue weighted by molar-refractivity contribution is 7.94. The van der Waals surface area contributed by atoms with Crippen LogP contribution in [0.15, 0.2) is 58.3 Å². The van der Waals surface area contributed by atoms with E-state index in [9.17, 15) is 8.42 Å². The Kier molecular flexibility index (Phi) is 6.91.